The van der Waals surface area contributed by atoms with Crippen molar-refractivity contribution in [2.45, 2.75) is 39.2 Å². The second-order valence-electron chi connectivity index (χ2n) is 5.96. The van der Waals surface area contributed by atoms with E-state index in [0.717, 1.165) is 25.9 Å². The third-order valence-electron chi connectivity index (χ3n) is 3.98. The van der Waals surface area contributed by atoms with Gasteiger partial charge in [-0.05, 0) is 51.3 Å². The Morgan fingerprint density at radius 2 is 1.95 bits per heavy atom. The first-order valence-electron chi connectivity index (χ1n) is 7.26. The maximum absolute atomic E-state index is 12.3. The molecule has 2 N–H and O–H groups in total. The van der Waals surface area contributed by atoms with Crippen LogP contribution in [0, 0.1) is 5.92 Å². The molecule has 2 rings (SSSR count). The highest BCUT2D eigenvalue weighted by molar-refractivity contribution is 5.97. The quantitative estimate of drug-likeness (QED) is 0.831. The molecule has 20 heavy (non-hydrogen) atoms. The Hall–Kier alpha value is -1.55. The number of Topliss-reactive ketones (excluding diaryl/α,β-unsaturated/α-hetero) is 1. The van der Waals surface area contributed by atoms with Crippen LogP contribution in [0.3, 0.4) is 0 Å². The summed E-state index contributed by atoms with van der Waals surface area (Å²) in [6.07, 6.45) is 2.67. The smallest absolute Gasteiger partial charge is 0.163 e. The summed E-state index contributed by atoms with van der Waals surface area (Å²) < 4.78 is 0. The van der Waals surface area contributed by atoms with Crippen LogP contribution in [-0.4, -0.2) is 40.0 Å². The summed E-state index contributed by atoms with van der Waals surface area (Å²) >= 11 is 0. The van der Waals surface area contributed by atoms with Crippen molar-refractivity contribution >= 4 is 5.78 Å². The van der Waals surface area contributed by atoms with Crippen LogP contribution < -0.4 is 0 Å². The zero-order valence-corrected chi connectivity index (χ0v) is 12.2. The number of phenols is 2. The van der Waals surface area contributed by atoms with E-state index in [1.165, 1.54) is 18.2 Å². The molecule has 1 atom stereocenters. The maximum Gasteiger partial charge on any atom is 0.163 e. The Labute approximate surface area is 120 Å². The van der Waals surface area contributed by atoms with E-state index in [1.807, 2.05) is 0 Å². The molecule has 0 aliphatic carbocycles. The predicted octanol–water partition coefficient (Wildman–Crippen LogP) is 2.79. The first kappa shape index (κ1) is 14.9. The molecule has 0 saturated carbocycles. The second-order valence-corrected chi connectivity index (χ2v) is 5.96. The number of aromatic hydroxyl groups is 2. The van der Waals surface area contributed by atoms with Gasteiger partial charge in [0.1, 0.15) is 11.5 Å². The molecule has 1 aliphatic rings. The van der Waals surface area contributed by atoms with Gasteiger partial charge in [0, 0.05) is 30.6 Å². The van der Waals surface area contributed by atoms with E-state index in [-0.39, 0.29) is 17.3 Å². The van der Waals surface area contributed by atoms with Crippen molar-refractivity contribution in [2.24, 2.45) is 5.92 Å². The van der Waals surface area contributed by atoms with Gasteiger partial charge in [-0.25, -0.2) is 0 Å². The monoisotopic (exact) mass is 277 g/mol. The lowest BCUT2D eigenvalue weighted by molar-refractivity contribution is 0.0889. The zero-order valence-electron chi connectivity index (χ0n) is 12.2. The molecule has 0 spiro atoms. The first-order valence-corrected chi connectivity index (χ1v) is 7.26. The lowest BCUT2D eigenvalue weighted by Gasteiger charge is -2.35. The summed E-state index contributed by atoms with van der Waals surface area (Å²) in [7, 11) is 0. The molecule has 4 nitrogen and oxygen atoms in total. The summed E-state index contributed by atoms with van der Waals surface area (Å²) in [5, 5.41) is 18.9. The number of carbonyl (C=O) groups excluding carboxylic acids is 1. The van der Waals surface area contributed by atoms with Gasteiger partial charge in [0.2, 0.25) is 0 Å². The van der Waals surface area contributed by atoms with Gasteiger partial charge in [0.15, 0.2) is 5.78 Å². The van der Waals surface area contributed by atoms with E-state index in [0.29, 0.717) is 23.9 Å². The minimum atomic E-state index is -0.0687. The topological polar surface area (TPSA) is 60.8 Å². The standard InChI is InChI=1S/C16H23NO3/c1-11(2)17-5-3-4-12(10-17)6-16(20)13-7-14(18)9-15(19)8-13/h7-9,11-12,18-19H,3-6,10H2,1-2H3/t12-/m0/s1. The largest absolute Gasteiger partial charge is 0.508 e. The number of nitrogens with zero attached hydrogens (tertiary/aromatic N) is 1. The maximum atomic E-state index is 12.3. The van der Waals surface area contributed by atoms with Gasteiger partial charge in [-0.15, -0.1) is 0 Å². The van der Waals surface area contributed by atoms with Crippen molar-refractivity contribution < 1.29 is 15.0 Å². The van der Waals surface area contributed by atoms with Gasteiger partial charge in [-0.2, -0.15) is 0 Å². The fourth-order valence-electron chi connectivity index (χ4n) is 2.87. The van der Waals surface area contributed by atoms with Crippen LogP contribution in [0.4, 0.5) is 0 Å². The Balaban J connectivity index is 2.00. The molecule has 1 aromatic carbocycles. The van der Waals surface area contributed by atoms with E-state index < -0.39 is 0 Å². The van der Waals surface area contributed by atoms with Crippen LogP contribution in [0.15, 0.2) is 18.2 Å². The van der Waals surface area contributed by atoms with Crippen molar-refractivity contribution in [1.82, 2.24) is 4.90 Å². The third-order valence-corrected chi connectivity index (χ3v) is 3.98. The molecule has 1 heterocycles. The number of hydrogen-bond donors (Lipinski definition) is 2. The van der Waals surface area contributed by atoms with Crippen molar-refractivity contribution in [3.63, 3.8) is 0 Å². The number of phenolic OH excluding ortho intramolecular Hbond substituents is 2. The first-order chi connectivity index (χ1) is 9.45. The molecule has 1 saturated heterocycles. The Morgan fingerprint density at radius 3 is 2.55 bits per heavy atom. The third kappa shape index (κ3) is 3.73. The van der Waals surface area contributed by atoms with Crippen LogP contribution in [0.2, 0.25) is 0 Å². The van der Waals surface area contributed by atoms with Crippen LogP contribution in [-0.2, 0) is 0 Å². The molecule has 1 aliphatic heterocycles. The summed E-state index contributed by atoms with van der Waals surface area (Å²) in [6, 6.07) is 4.59. The SMILES string of the molecule is CC(C)N1CCC[C@@H](CC(=O)c2cc(O)cc(O)c2)C1. The van der Waals surface area contributed by atoms with Gasteiger partial charge < -0.3 is 15.1 Å². The van der Waals surface area contributed by atoms with E-state index in [4.69, 9.17) is 0 Å². The summed E-state index contributed by atoms with van der Waals surface area (Å²) in [5.74, 6) is 0.219. The molecular formula is C16H23NO3. The molecular weight excluding hydrogens is 254 g/mol. The van der Waals surface area contributed by atoms with Crippen LogP contribution in [0.1, 0.15) is 43.5 Å². The number of rotatable bonds is 4. The second kappa shape index (κ2) is 6.27. The highest BCUT2D eigenvalue weighted by Gasteiger charge is 2.24. The highest BCUT2D eigenvalue weighted by atomic mass is 16.3. The van der Waals surface area contributed by atoms with Crippen molar-refractivity contribution in [3.05, 3.63) is 23.8 Å². The summed E-state index contributed by atoms with van der Waals surface area (Å²) in [4.78, 5) is 14.7. The minimum Gasteiger partial charge on any atom is -0.508 e. The molecule has 1 aromatic rings. The molecule has 0 aromatic heterocycles. The fourth-order valence-corrected chi connectivity index (χ4v) is 2.87. The average molecular weight is 277 g/mol. The predicted molar refractivity (Wildman–Crippen MR) is 78.2 cm³/mol. The van der Waals surface area contributed by atoms with Crippen LogP contribution in [0.25, 0.3) is 0 Å². The van der Waals surface area contributed by atoms with E-state index in [9.17, 15) is 15.0 Å². The molecule has 0 radical (unpaired) electrons. The highest BCUT2D eigenvalue weighted by Crippen LogP contribution is 2.26. The Kier molecular flexibility index (Phi) is 4.65. The van der Waals surface area contributed by atoms with Crippen molar-refractivity contribution in [3.8, 4) is 11.5 Å². The van der Waals surface area contributed by atoms with E-state index in [1.54, 1.807) is 0 Å². The fraction of sp³-hybridized carbons (Fsp3) is 0.562. The Bertz CT molecular complexity index is 464. The lowest BCUT2D eigenvalue weighted by atomic mass is 9.90. The van der Waals surface area contributed by atoms with E-state index in [2.05, 4.69) is 18.7 Å². The van der Waals surface area contributed by atoms with Crippen LogP contribution in [0.5, 0.6) is 11.5 Å². The lowest BCUT2D eigenvalue weighted by Crippen LogP contribution is -2.40. The normalized spacial score (nSPS) is 20.2. The molecule has 0 bridgehead atoms. The molecule has 1 fully saturated rings. The van der Waals surface area contributed by atoms with Gasteiger partial charge in [-0.1, -0.05) is 0 Å². The minimum absolute atomic E-state index is 0.00759. The van der Waals surface area contributed by atoms with Crippen molar-refractivity contribution in [1.29, 1.82) is 0 Å². The number of benzene rings is 1. The average Bonchev–Trinajstić information content (AvgIpc) is 2.37. The molecule has 0 amide bonds. The number of ketones is 1. The summed E-state index contributed by atoms with van der Waals surface area (Å²) in [5.41, 5.74) is 0.393. The molecule has 4 heteroatoms. The van der Waals surface area contributed by atoms with Gasteiger partial charge in [-0.3, -0.25) is 4.79 Å². The van der Waals surface area contributed by atoms with Gasteiger partial charge >= 0.3 is 0 Å². The molecule has 110 valence electrons. The number of likely N-dealkylation sites (tertiary alicyclic amines) is 1. The zero-order chi connectivity index (χ0) is 14.7. The van der Waals surface area contributed by atoms with Gasteiger partial charge in [0.25, 0.3) is 0 Å². The number of hydrogen-bond acceptors (Lipinski definition) is 4. The molecule has 0 unspecified atom stereocenters. The summed E-state index contributed by atoms with van der Waals surface area (Å²) in [6.45, 7) is 6.42. The van der Waals surface area contributed by atoms with E-state index >= 15 is 0 Å². The van der Waals surface area contributed by atoms with Crippen molar-refractivity contribution in [2.75, 3.05) is 13.1 Å². The van der Waals surface area contributed by atoms with Crippen LogP contribution >= 0.6 is 0 Å². The van der Waals surface area contributed by atoms with Gasteiger partial charge in [0.05, 0.1) is 0 Å². The Morgan fingerprint density at radius 1 is 1.30 bits per heavy atom. The number of piperidine rings is 1. The number of carbonyl (C=O) groups is 1.